The van der Waals surface area contributed by atoms with Crippen molar-refractivity contribution in [3.05, 3.63) is 40.1 Å². The predicted octanol–water partition coefficient (Wildman–Crippen LogP) is 3.05. The third-order valence-corrected chi connectivity index (χ3v) is 2.52. The number of halogens is 2. The number of carbonyl (C=O) groups excluding carboxylic acids is 1. The SMILES string of the molecule is COC(=O)CO/C=C(/C#N)c1ccc(Cl)cc1Cl. The van der Waals surface area contributed by atoms with Crippen LogP contribution in [0.25, 0.3) is 5.57 Å². The molecule has 0 atom stereocenters. The number of ether oxygens (including phenoxy) is 2. The molecule has 4 nitrogen and oxygen atoms in total. The number of benzene rings is 1. The van der Waals surface area contributed by atoms with E-state index in [0.717, 1.165) is 6.26 Å². The molecule has 1 aromatic rings. The summed E-state index contributed by atoms with van der Waals surface area (Å²) in [5.74, 6) is -0.536. The maximum atomic E-state index is 10.8. The van der Waals surface area contributed by atoms with Crippen molar-refractivity contribution in [1.82, 2.24) is 0 Å². The fourth-order valence-corrected chi connectivity index (χ4v) is 1.62. The Kier molecular flexibility index (Phi) is 5.50. The lowest BCUT2D eigenvalue weighted by molar-refractivity contribution is -0.143. The zero-order valence-electron chi connectivity index (χ0n) is 9.44. The number of nitriles is 1. The van der Waals surface area contributed by atoms with E-state index in [2.05, 4.69) is 4.74 Å². The van der Waals surface area contributed by atoms with E-state index in [-0.39, 0.29) is 12.2 Å². The molecule has 0 aliphatic carbocycles. The lowest BCUT2D eigenvalue weighted by atomic mass is 10.1. The first kappa shape index (κ1) is 14.4. The van der Waals surface area contributed by atoms with Crippen LogP contribution in [-0.2, 0) is 14.3 Å². The van der Waals surface area contributed by atoms with Crippen LogP contribution in [0.5, 0.6) is 0 Å². The number of rotatable bonds is 4. The summed E-state index contributed by atoms with van der Waals surface area (Å²) < 4.78 is 9.32. The van der Waals surface area contributed by atoms with Gasteiger partial charge < -0.3 is 9.47 Å². The molecule has 0 radical (unpaired) electrons. The number of allylic oxidation sites excluding steroid dienone is 1. The lowest BCUT2D eigenvalue weighted by Gasteiger charge is -2.04. The molecule has 0 heterocycles. The predicted molar refractivity (Wildman–Crippen MR) is 68.0 cm³/mol. The second-order valence-electron chi connectivity index (χ2n) is 3.15. The Morgan fingerprint density at radius 2 is 2.22 bits per heavy atom. The molecule has 1 rings (SSSR count). The Labute approximate surface area is 114 Å². The van der Waals surface area contributed by atoms with Gasteiger partial charge in [0, 0.05) is 10.6 Å². The minimum Gasteiger partial charge on any atom is -0.488 e. The summed E-state index contributed by atoms with van der Waals surface area (Å²) in [5, 5.41) is 9.79. The average molecular weight is 286 g/mol. The Morgan fingerprint density at radius 3 is 2.78 bits per heavy atom. The summed E-state index contributed by atoms with van der Waals surface area (Å²) in [6.07, 6.45) is 1.16. The van der Waals surface area contributed by atoms with Gasteiger partial charge in [-0.15, -0.1) is 0 Å². The number of esters is 1. The molecular weight excluding hydrogens is 277 g/mol. The molecule has 0 aromatic heterocycles. The molecule has 0 bridgehead atoms. The first-order valence-electron chi connectivity index (χ1n) is 4.82. The highest BCUT2D eigenvalue weighted by Crippen LogP contribution is 2.26. The fraction of sp³-hybridized carbons (Fsp3) is 0.167. The van der Waals surface area contributed by atoms with Crippen LogP contribution in [0.2, 0.25) is 10.0 Å². The van der Waals surface area contributed by atoms with Crippen molar-refractivity contribution in [3.8, 4) is 6.07 Å². The van der Waals surface area contributed by atoms with E-state index >= 15 is 0 Å². The normalized spacial score (nSPS) is 10.7. The molecular formula is C12H9Cl2NO3. The molecule has 0 N–H and O–H groups in total. The van der Waals surface area contributed by atoms with E-state index in [1.54, 1.807) is 12.1 Å². The van der Waals surface area contributed by atoms with Gasteiger partial charge in [0.25, 0.3) is 0 Å². The molecule has 6 heteroatoms. The highest BCUT2D eigenvalue weighted by atomic mass is 35.5. The minimum atomic E-state index is -0.536. The largest absolute Gasteiger partial charge is 0.488 e. The van der Waals surface area contributed by atoms with Crippen molar-refractivity contribution < 1.29 is 14.3 Å². The number of hydrogen-bond acceptors (Lipinski definition) is 4. The standard InChI is InChI=1S/C12H9Cl2NO3/c1-17-12(16)7-18-6-8(5-15)10-3-2-9(13)4-11(10)14/h2-4,6H,7H2,1H3/b8-6-. The van der Waals surface area contributed by atoms with Gasteiger partial charge in [0.2, 0.25) is 0 Å². The highest BCUT2D eigenvalue weighted by Gasteiger charge is 2.08. The van der Waals surface area contributed by atoms with Gasteiger partial charge in [-0.3, -0.25) is 0 Å². The zero-order valence-corrected chi connectivity index (χ0v) is 11.0. The maximum Gasteiger partial charge on any atom is 0.343 e. The fourth-order valence-electron chi connectivity index (χ4n) is 1.11. The van der Waals surface area contributed by atoms with Gasteiger partial charge in [-0.2, -0.15) is 5.26 Å². The van der Waals surface area contributed by atoms with E-state index in [9.17, 15) is 4.79 Å². The molecule has 0 fully saturated rings. The molecule has 0 unspecified atom stereocenters. The highest BCUT2D eigenvalue weighted by molar-refractivity contribution is 6.35. The van der Waals surface area contributed by atoms with Crippen LogP contribution in [-0.4, -0.2) is 19.7 Å². The molecule has 1 aromatic carbocycles. The molecule has 0 saturated heterocycles. The number of hydrogen-bond donors (Lipinski definition) is 0. The third kappa shape index (κ3) is 3.95. The maximum absolute atomic E-state index is 10.8. The van der Waals surface area contributed by atoms with E-state index in [0.29, 0.717) is 15.6 Å². The average Bonchev–Trinajstić information content (AvgIpc) is 2.35. The number of methoxy groups -OCH3 is 1. The Morgan fingerprint density at radius 1 is 1.50 bits per heavy atom. The van der Waals surface area contributed by atoms with Crippen LogP contribution < -0.4 is 0 Å². The molecule has 0 amide bonds. The lowest BCUT2D eigenvalue weighted by Crippen LogP contribution is -2.07. The Balaban J connectivity index is 2.86. The van der Waals surface area contributed by atoms with Crippen molar-refractivity contribution in [2.24, 2.45) is 0 Å². The first-order valence-corrected chi connectivity index (χ1v) is 5.58. The number of nitrogens with zero attached hydrogens (tertiary/aromatic N) is 1. The van der Waals surface area contributed by atoms with E-state index in [1.165, 1.54) is 13.2 Å². The quantitative estimate of drug-likeness (QED) is 0.485. The van der Waals surface area contributed by atoms with Gasteiger partial charge in [-0.1, -0.05) is 29.3 Å². The topological polar surface area (TPSA) is 59.3 Å². The van der Waals surface area contributed by atoms with Crippen LogP contribution in [0.3, 0.4) is 0 Å². The van der Waals surface area contributed by atoms with Crippen molar-refractivity contribution in [2.45, 2.75) is 0 Å². The molecule has 0 aliphatic heterocycles. The van der Waals surface area contributed by atoms with E-state index < -0.39 is 5.97 Å². The van der Waals surface area contributed by atoms with Crippen molar-refractivity contribution in [2.75, 3.05) is 13.7 Å². The van der Waals surface area contributed by atoms with Crippen LogP contribution in [0.4, 0.5) is 0 Å². The molecule has 0 saturated carbocycles. The smallest absolute Gasteiger partial charge is 0.343 e. The molecule has 18 heavy (non-hydrogen) atoms. The summed E-state index contributed by atoms with van der Waals surface area (Å²) in [7, 11) is 1.25. The van der Waals surface area contributed by atoms with Crippen LogP contribution >= 0.6 is 23.2 Å². The molecule has 0 spiro atoms. The van der Waals surface area contributed by atoms with Crippen molar-refractivity contribution in [3.63, 3.8) is 0 Å². The molecule has 0 aliphatic rings. The second kappa shape index (κ2) is 6.90. The van der Waals surface area contributed by atoms with Crippen LogP contribution in [0.1, 0.15) is 5.56 Å². The first-order chi connectivity index (χ1) is 8.58. The third-order valence-electron chi connectivity index (χ3n) is 1.97. The van der Waals surface area contributed by atoms with E-state index in [4.69, 9.17) is 33.2 Å². The van der Waals surface area contributed by atoms with Gasteiger partial charge in [-0.05, 0) is 12.1 Å². The van der Waals surface area contributed by atoms with Crippen LogP contribution in [0, 0.1) is 11.3 Å². The van der Waals surface area contributed by atoms with E-state index in [1.807, 2.05) is 6.07 Å². The monoisotopic (exact) mass is 285 g/mol. The summed E-state index contributed by atoms with van der Waals surface area (Å²) in [6.45, 7) is -0.271. The summed E-state index contributed by atoms with van der Waals surface area (Å²) >= 11 is 11.7. The number of carbonyl (C=O) groups is 1. The van der Waals surface area contributed by atoms with Gasteiger partial charge in [-0.25, -0.2) is 4.79 Å². The second-order valence-corrected chi connectivity index (χ2v) is 4.00. The summed E-state index contributed by atoms with van der Waals surface area (Å²) in [5.41, 5.74) is 0.675. The Bertz CT molecular complexity index is 521. The summed E-state index contributed by atoms with van der Waals surface area (Å²) in [4.78, 5) is 10.8. The van der Waals surface area contributed by atoms with Crippen molar-refractivity contribution >= 4 is 34.7 Å². The van der Waals surface area contributed by atoms with Gasteiger partial charge in [0.15, 0.2) is 6.61 Å². The van der Waals surface area contributed by atoms with Gasteiger partial charge in [0.05, 0.1) is 17.7 Å². The minimum absolute atomic E-state index is 0.195. The molecule has 94 valence electrons. The van der Waals surface area contributed by atoms with Gasteiger partial charge >= 0.3 is 5.97 Å². The summed E-state index contributed by atoms with van der Waals surface area (Å²) in [6, 6.07) is 6.65. The zero-order chi connectivity index (χ0) is 13.5. The Hall–Kier alpha value is -1.70. The van der Waals surface area contributed by atoms with Crippen molar-refractivity contribution in [1.29, 1.82) is 5.26 Å². The van der Waals surface area contributed by atoms with Crippen LogP contribution in [0.15, 0.2) is 24.5 Å². The van der Waals surface area contributed by atoms with Gasteiger partial charge in [0.1, 0.15) is 12.3 Å².